The second-order valence-corrected chi connectivity index (χ2v) is 3.80. The van der Waals surface area contributed by atoms with E-state index in [0.717, 1.165) is 5.56 Å². The minimum atomic E-state index is -0.610. The smallest absolute Gasteiger partial charge is 0.316 e. The second kappa shape index (κ2) is 6.10. The molecule has 1 unspecified atom stereocenters. The molecule has 0 saturated heterocycles. The molecular weight excluding hydrogens is 242 g/mol. The standard InChI is InChI=1S/C11H14ClN3O2/c1-7(14-10(16)6-12)8-2-4-9(5-3-8)15-11(13)17/h2-5,7H,6H2,1H3,(H,14,16)(H3,13,15,17). The van der Waals surface area contributed by atoms with Crippen molar-refractivity contribution in [3.05, 3.63) is 29.8 Å². The van der Waals surface area contributed by atoms with Gasteiger partial charge in [-0.15, -0.1) is 11.6 Å². The minimum absolute atomic E-state index is 0.0638. The van der Waals surface area contributed by atoms with Crippen molar-refractivity contribution in [1.82, 2.24) is 5.32 Å². The van der Waals surface area contributed by atoms with E-state index in [1.807, 2.05) is 6.92 Å². The van der Waals surface area contributed by atoms with Gasteiger partial charge < -0.3 is 16.4 Å². The number of benzene rings is 1. The number of carbonyl (C=O) groups is 2. The van der Waals surface area contributed by atoms with Gasteiger partial charge in [-0.05, 0) is 24.6 Å². The van der Waals surface area contributed by atoms with Gasteiger partial charge in [-0.1, -0.05) is 12.1 Å². The Morgan fingerprint density at radius 2 is 1.94 bits per heavy atom. The Balaban J connectivity index is 2.66. The van der Waals surface area contributed by atoms with E-state index >= 15 is 0 Å². The normalized spacial score (nSPS) is 11.6. The summed E-state index contributed by atoms with van der Waals surface area (Å²) in [6.45, 7) is 1.85. The van der Waals surface area contributed by atoms with E-state index < -0.39 is 6.03 Å². The molecule has 0 aliphatic heterocycles. The molecule has 92 valence electrons. The molecule has 0 aromatic heterocycles. The number of rotatable bonds is 4. The summed E-state index contributed by atoms with van der Waals surface area (Å²) in [7, 11) is 0. The number of amides is 3. The van der Waals surface area contributed by atoms with E-state index in [9.17, 15) is 9.59 Å². The number of hydrogen-bond acceptors (Lipinski definition) is 2. The van der Waals surface area contributed by atoms with Crippen molar-refractivity contribution in [2.24, 2.45) is 5.73 Å². The summed E-state index contributed by atoms with van der Waals surface area (Å²) in [4.78, 5) is 21.7. The molecule has 5 nitrogen and oxygen atoms in total. The first kappa shape index (κ1) is 13.3. The maximum Gasteiger partial charge on any atom is 0.316 e. The number of hydrogen-bond donors (Lipinski definition) is 3. The number of halogens is 1. The van der Waals surface area contributed by atoms with Crippen molar-refractivity contribution in [1.29, 1.82) is 0 Å². The third-order valence-corrected chi connectivity index (χ3v) is 2.42. The fourth-order valence-corrected chi connectivity index (χ4v) is 1.44. The minimum Gasteiger partial charge on any atom is -0.351 e. The first-order valence-corrected chi connectivity index (χ1v) is 5.58. The van der Waals surface area contributed by atoms with Gasteiger partial charge in [0.25, 0.3) is 0 Å². The number of primary amides is 1. The third-order valence-electron chi connectivity index (χ3n) is 2.18. The van der Waals surface area contributed by atoms with Crippen molar-refractivity contribution in [2.45, 2.75) is 13.0 Å². The largest absolute Gasteiger partial charge is 0.351 e. The average Bonchev–Trinajstić information content (AvgIpc) is 2.28. The molecule has 0 spiro atoms. The van der Waals surface area contributed by atoms with E-state index in [4.69, 9.17) is 17.3 Å². The molecule has 4 N–H and O–H groups in total. The molecule has 1 atom stereocenters. The zero-order valence-corrected chi connectivity index (χ0v) is 10.1. The zero-order chi connectivity index (χ0) is 12.8. The van der Waals surface area contributed by atoms with E-state index in [0.29, 0.717) is 5.69 Å². The van der Waals surface area contributed by atoms with E-state index in [1.54, 1.807) is 24.3 Å². The monoisotopic (exact) mass is 255 g/mol. The highest BCUT2D eigenvalue weighted by Crippen LogP contribution is 2.15. The van der Waals surface area contributed by atoms with Gasteiger partial charge in [0.1, 0.15) is 5.88 Å². The van der Waals surface area contributed by atoms with Gasteiger partial charge in [0.2, 0.25) is 5.91 Å². The van der Waals surface area contributed by atoms with Crippen LogP contribution in [0.25, 0.3) is 0 Å². The van der Waals surface area contributed by atoms with Gasteiger partial charge in [-0.3, -0.25) is 4.79 Å². The lowest BCUT2D eigenvalue weighted by atomic mass is 10.1. The van der Waals surface area contributed by atoms with Gasteiger partial charge in [0.05, 0.1) is 6.04 Å². The van der Waals surface area contributed by atoms with Crippen LogP contribution in [0.4, 0.5) is 10.5 Å². The van der Waals surface area contributed by atoms with Crippen LogP contribution in [-0.4, -0.2) is 17.8 Å². The first-order chi connectivity index (χ1) is 8.02. The van der Waals surface area contributed by atoms with Crippen LogP contribution in [0.3, 0.4) is 0 Å². The predicted octanol–water partition coefficient (Wildman–Crippen LogP) is 1.59. The predicted molar refractivity (Wildman–Crippen MR) is 66.9 cm³/mol. The molecule has 0 aliphatic rings. The van der Waals surface area contributed by atoms with Crippen LogP contribution in [0.15, 0.2) is 24.3 Å². The molecule has 0 radical (unpaired) electrons. The van der Waals surface area contributed by atoms with E-state index in [1.165, 1.54) is 0 Å². The van der Waals surface area contributed by atoms with Gasteiger partial charge in [-0.25, -0.2) is 4.79 Å². The molecule has 0 saturated carbocycles. The fraction of sp³-hybridized carbons (Fsp3) is 0.273. The van der Waals surface area contributed by atoms with Crippen LogP contribution in [0.5, 0.6) is 0 Å². The lowest BCUT2D eigenvalue weighted by Crippen LogP contribution is -2.27. The lowest BCUT2D eigenvalue weighted by Gasteiger charge is -2.13. The zero-order valence-electron chi connectivity index (χ0n) is 9.37. The highest BCUT2D eigenvalue weighted by molar-refractivity contribution is 6.27. The molecule has 0 bridgehead atoms. The second-order valence-electron chi connectivity index (χ2n) is 3.53. The number of nitrogens with two attached hydrogens (primary N) is 1. The van der Waals surface area contributed by atoms with E-state index in [2.05, 4.69) is 10.6 Å². The van der Waals surface area contributed by atoms with Crippen LogP contribution >= 0.6 is 11.6 Å². The quantitative estimate of drug-likeness (QED) is 0.714. The molecule has 17 heavy (non-hydrogen) atoms. The molecule has 0 aliphatic carbocycles. The average molecular weight is 256 g/mol. The van der Waals surface area contributed by atoms with Crippen LogP contribution < -0.4 is 16.4 Å². The van der Waals surface area contributed by atoms with Gasteiger partial charge >= 0.3 is 6.03 Å². The van der Waals surface area contributed by atoms with Crippen molar-refractivity contribution in [2.75, 3.05) is 11.2 Å². The molecule has 1 aromatic rings. The Hall–Kier alpha value is -1.75. The van der Waals surface area contributed by atoms with Crippen molar-refractivity contribution in [3.63, 3.8) is 0 Å². The summed E-state index contributed by atoms with van der Waals surface area (Å²) in [6, 6.07) is 6.27. The number of alkyl halides is 1. The van der Waals surface area contributed by atoms with Gasteiger partial charge in [-0.2, -0.15) is 0 Å². The maximum atomic E-state index is 11.1. The summed E-state index contributed by atoms with van der Waals surface area (Å²) < 4.78 is 0. The van der Waals surface area contributed by atoms with Crippen molar-refractivity contribution >= 4 is 29.2 Å². The SMILES string of the molecule is CC(NC(=O)CCl)c1ccc(NC(N)=O)cc1. The first-order valence-electron chi connectivity index (χ1n) is 5.04. The molecule has 1 rings (SSSR count). The highest BCUT2D eigenvalue weighted by Gasteiger charge is 2.08. The number of urea groups is 1. The highest BCUT2D eigenvalue weighted by atomic mass is 35.5. The summed E-state index contributed by atoms with van der Waals surface area (Å²) in [6.07, 6.45) is 0. The summed E-state index contributed by atoms with van der Waals surface area (Å²) in [5.41, 5.74) is 6.51. The summed E-state index contributed by atoms with van der Waals surface area (Å²) in [5.74, 6) is -0.287. The fourth-order valence-electron chi connectivity index (χ4n) is 1.36. The summed E-state index contributed by atoms with van der Waals surface area (Å²) in [5, 5.41) is 5.18. The van der Waals surface area contributed by atoms with Gasteiger partial charge in [0.15, 0.2) is 0 Å². The van der Waals surface area contributed by atoms with Crippen LogP contribution in [0.1, 0.15) is 18.5 Å². The Bertz CT molecular complexity index is 406. The topological polar surface area (TPSA) is 84.2 Å². The van der Waals surface area contributed by atoms with Crippen LogP contribution in [-0.2, 0) is 4.79 Å². The lowest BCUT2D eigenvalue weighted by molar-refractivity contribution is -0.119. The maximum absolute atomic E-state index is 11.1. The number of carbonyl (C=O) groups excluding carboxylic acids is 2. The summed E-state index contributed by atoms with van der Waals surface area (Å²) >= 11 is 5.39. The molecule has 0 heterocycles. The van der Waals surface area contributed by atoms with Crippen LogP contribution in [0.2, 0.25) is 0 Å². The molecule has 6 heteroatoms. The van der Waals surface area contributed by atoms with Gasteiger partial charge in [0, 0.05) is 5.69 Å². The molecule has 0 fully saturated rings. The molecule has 3 amide bonds. The van der Waals surface area contributed by atoms with Crippen molar-refractivity contribution < 1.29 is 9.59 Å². The number of nitrogens with one attached hydrogen (secondary N) is 2. The Morgan fingerprint density at radius 1 is 1.35 bits per heavy atom. The Kier molecular flexibility index (Phi) is 4.78. The van der Waals surface area contributed by atoms with E-state index in [-0.39, 0.29) is 17.8 Å². The Morgan fingerprint density at radius 3 is 2.41 bits per heavy atom. The molecule has 1 aromatic carbocycles. The Labute approximate surface area is 104 Å². The number of anilines is 1. The molecular formula is C11H14ClN3O2. The third kappa shape index (κ3) is 4.32. The van der Waals surface area contributed by atoms with Crippen LogP contribution in [0, 0.1) is 0 Å². The van der Waals surface area contributed by atoms with Crippen molar-refractivity contribution in [3.8, 4) is 0 Å².